The van der Waals surface area contributed by atoms with E-state index in [1.165, 1.54) is 11.1 Å². The summed E-state index contributed by atoms with van der Waals surface area (Å²) in [7, 11) is 2.01. The Morgan fingerprint density at radius 1 is 1.30 bits per heavy atom. The molecular formula is C17H29NO2. The van der Waals surface area contributed by atoms with Gasteiger partial charge in [-0.05, 0) is 57.0 Å². The van der Waals surface area contributed by atoms with Gasteiger partial charge in [0.2, 0.25) is 0 Å². The molecule has 0 spiro atoms. The molecule has 3 nitrogen and oxygen atoms in total. The Balaban J connectivity index is 2.53. The molecule has 0 heterocycles. The van der Waals surface area contributed by atoms with Crippen LogP contribution in [0.2, 0.25) is 0 Å². The quantitative estimate of drug-likeness (QED) is 0.832. The molecule has 0 aromatic heterocycles. The summed E-state index contributed by atoms with van der Waals surface area (Å²) in [6.45, 7) is 12.1. The topological polar surface area (TPSA) is 32.7 Å². The van der Waals surface area contributed by atoms with Gasteiger partial charge in [-0.1, -0.05) is 19.9 Å². The smallest absolute Gasteiger partial charge is 0.119 e. The molecule has 0 saturated heterocycles. The standard InChI is InChI=1S/C17H29NO2/c1-13(2)16-8-7-15(11-14(16)3)20-10-9-18(6)17(4,5)12-19/h7-8,11,13,19H,9-10,12H2,1-6H3. The molecule has 0 aliphatic rings. The van der Waals surface area contributed by atoms with Crippen LogP contribution in [-0.4, -0.2) is 42.4 Å². The highest BCUT2D eigenvalue weighted by Gasteiger charge is 2.21. The summed E-state index contributed by atoms with van der Waals surface area (Å²) in [6.07, 6.45) is 0. The molecule has 0 radical (unpaired) electrons. The summed E-state index contributed by atoms with van der Waals surface area (Å²) in [5, 5.41) is 9.32. The average Bonchev–Trinajstić information content (AvgIpc) is 2.38. The van der Waals surface area contributed by atoms with Crippen molar-refractivity contribution in [2.45, 2.75) is 46.1 Å². The van der Waals surface area contributed by atoms with E-state index in [4.69, 9.17) is 4.74 Å². The van der Waals surface area contributed by atoms with Crippen LogP contribution >= 0.6 is 0 Å². The van der Waals surface area contributed by atoms with Crippen LogP contribution in [0.5, 0.6) is 5.75 Å². The molecule has 0 unspecified atom stereocenters. The molecule has 0 bridgehead atoms. The Bertz CT molecular complexity index is 427. The van der Waals surface area contributed by atoms with Gasteiger partial charge in [-0.25, -0.2) is 0 Å². The number of aliphatic hydroxyl groups is 1. The van der Waals surface area contributed by atoms with Crippen LogP contribution in [-0.2, 0) is 0 Å². The minimum atomic E-state index is -0.208. The largest absolute Gasteiger partial charge is 0.492 e. The van der Waals surface area contributed by atoms with Crippen molar-refractivity contribution in [1.29, 1.82) is 0 Å². The summed E-state index contributed by atoms with van der Waals surface area (Å²) < 4.78 is 5.81. The summed E-state index contributed by atoms with van der Waals surface area (Å²) in [5.41, 5.74) is 2.44. The fourth-order valence-electron chi connectivity index (χ4n) is 2.11. The zero-order chi connectivity index (χ0) is 15.3. The molecule has 0 fully saturated rings. The van der Waals surface area contributed by atoms with E-state index in [9.17, 15) is 5.11 Å². The van der Waals surface area contributed by atoms with Crippen molar-refractivity contribution in [2.75, 3.05) is 26.8 Å². The van der Waals surface area contributed by atoms with E-state index in [1.807, 2.05) is 27.0 Å². The van der Waals surface area contributed by atoms with Gasteiger partial charge in [-0.2, -0.15) is 0 Å². The Kier molecular flexibility index (Phi) is 6.03. The van der Waals surface area contributed by atoms with Crippen molar-refractivity contribution in [3.8, 4) is 5.75 Å². The monoisotopic (exact) mass is 279 g/mol. The number of hydrogen-bond acceptors (Lipinski definition) is 3. The highest BCUT2D eigenvalue weighted by atomic mass is 16.5. The van der Waals surface area contributed by atoms with Crippen LogP contribution in [0.25, 0.3) is 0 Å². The number of ether oxygens (including phenoxy) is 1. The van der Waals surface area contributed by atoms with Gasteiger partial charge < -0.3 is 9.84 Å². The van der Waals surface area contributed by atoms with Gasteiger partial charge in [-0.3, -0.25) is 4.90 Å². The molecule has 0 saturated carbocycles. The van der Waals surface area contributed by atoms with Crippen molar-refractivity contribution in [3.05, 3.63) is 29.3 Å². The molecule has 114 valence electrons. The molecule has 3 heteroatoms. The summed E-state index contributed by atoms with van der Waals surface area (Å²) >= 11 is 0. The van der Waals surface area contributed by atoms with Crippen molar-refractivity contribution >= 4 is 0 Å². The fourth-order valence-corrected chi connectivity index (χ4v) is 2.11. The number of rotatable bonds is 7. The van der Waals surface area contributed by atoms with Crippen LogP contribution in [0.15, 0.2) is 18.2 Å². The van der Waals surface area contributed by atoms with Crippen LogP contribution in [0.4, 0.5) is 0 Å². The van der Waals surface area contributed by atoms with Gasteiger partial charge >= 0.3 is 0 Å². The Morgan fingerprint density at radius 3 is 2.45 bits per heavy atom. The van der Waals surface area contributed by atoms with Gasteiger partial charge in [0.15, 0.2) is 0 Å². The van der Waals surface area contributed by atoms with Crippen LogP contribution in [0.1, 0.15) is 44.7 Å². The van der Waals surface area contributed by atoms with E-state index in [0.717, 1.165) is 12.3 Å². The van der Waals surface area contributed by atoms with Gasteiger partial charge in [0.25, 0.3) is 0 Å². The molecule has 0 atom stereocenters. The molecular weight excluding hydrogens is 250 g/mol. The molecule has 1 N–H and O–H groups in total. The molecule has 1 aromatic carbocycles. The van der Waals surface area contributed by atoms with Crippen molar-refractivity contribution in [3.63, 3.8) is 0 Å². The normalized spacial score (nSPS) is 12.2. The van der Waals surface area contributed by atoms with Crippen molar-refractivity contribution in [2.24, 2.45) is 0 Å². The summed E-state index contributed by atoms with van der Waals surface area (Å²) in [6, 6.07) is 6.29. The molecule has 0 amide bonds. The highest BCUT2D eigenvalue weighted by molar-refractivity contribution is 5.36. The number of hydrogen-bond donors (Lipinski definition) is 1. The first kappa shape index (κ1) is 17.0. The van der Waals surface area contributed by atoms with E-state index < -0.39 is 0 Å². The molecule has 1 rings (SSSR count). The lowest BCUT2D eigenvalue weighted by Gasteiger charge is -2.33. The van der Waals surface area contributed by atoms with Crippen molar-refractivity contribution in [1.82, 2.24) is 4.90 Å². The Hall–Kier alpha value is -1.06. The third kappa shape index (κ3) is 4.50. The Morgan fingerprint density at radius 2 is 1.95 bits per heavy atom. The first-order valence-electron chi connectivity index (χ1n) is 7.33. The van der Waals surface area contributed by atoms with E-state index in [1.54, 1.807) is 0 Å². The molecule has 0 aliphatic carbocycles. The second-order valence-corrected chi connectivity index (χ2v) is 6.41. The van der Waals surface area contributed by atoms with Crippen LogP contribution in [0.3, 0.4) is 0 Å². The Labute approximate surface area is 123 Å². The van der Waals surface area contributed by atoms with Gasteiger partial charge in [-0.15, -0.1) is 0 Å². The summed E-state index contributed by atoms with van der Waals surface area (Å²) in [5.74, 6) is 1.46. The highest BCUT2D eigenvalue weighted by Crippen LogP contribution is 2.23. The van der Waals surface area contributed by atoms with Gasteiger partial charge in [0.05, 0.1) is 6.61 Å². The van der Waals surface area contributed by atoms with E-state index >= 15 is 0 Å². The fraction of sp³-hybridized carbons (Fsp3) is 0.647. The molecule has 20 heavy (non-hydrogen) atoms. The molecule has 1 aromatic rings. The second-order valence-electron chi connectivity index (χ2n) is 6.41. The molecule has 0 aliphatic heterocycles. The SMILES string of the molecule is Cc1cc(OCCN(C)C(C)(C)CO)ccc1C(C)C. The maximum absolute atomic E-state index is 9.32. The number of likely N-dealkylation sites (N-methyl/N-ethyl adjacent to an activating group) is 1. The number of nitrogens with zero attached hydrogens (tertiary/aromatic N) is 1. The second kappa shape index (κ2) is 7.09. The lowest BCUT2D eigenvalue weighted by atomic mass is 9.98. The first-order chi connectivity index (χ1) is 9.27. The minimum absolute atomic E-state index is 0.145. The van der Waals surface area contributed by atoms with E-state index in [2.05, 4.69) is 37.8 Å². The first-order valence-corrected chi connectivity index (χ1v) is 7.33. The lowest BCUT2D eigenvalue weighted by molar-refractivity contribution is 0.0678. The third-order valence-electron chi connectivity index (χ3n) is 3.98. The summed E-state index contributed by atoms with van der Waals surface area (Å²) in [4.78, 5) is 2.11. The maximum Gasteiger partial charge on any atom is 0.119 e. The number of aliphatic hydroxyl groups excluding tert-OH is 1. The zero-order valence-corrected chi connectivity index (χ0v) is 13.7. The van der Waals surface area contributed by atoms with Crippen LogP contribution in [0, 0.1) is 6.92 Å². The van der Waals surface area contributed by atoms with Crippen LogP contribution < -0.4 is 4.74 Å². The number of benzene rings is 1. The minimum Gasteiger partial charge on any atom is -0.492 e. The predicted octanol–water partition coefficient (Wildman–Crippen LogP) is 3.20. The number of aryl methyl sites for hydroxylation is 1. The maximum atomic E-state index is 9.32. The zero-order valence-electron chi connectivity index (χ0n) is 13.7. The predicted molar refractivity (Wildman–Crippen MR) is 84.6 cm³/mol. The van der Waals surface area contributed by atoms with Crippen molar-refractivity contribution < 1.29 is 9.84 Å². The third-order valence-corrected chi connectivity index (χ3v) is 3.98. The van der Waals surface area contributed by atoms with E-state index in [-0.39, 0.29) is 12.1 Å². The van der Waals surface area contributed by atoms with Gasteiger partial charge in [0, 0.05) is 12.1 Å². The van der Waals surface area contributed by atoms with Gasteiger partial charge in [0.1, 0.15) is 12.4 Å². The lowest BCUT2D eigenvalue weighted by Crippen LogP contribution is -2.45. The average molecular weight is 279 g/mol. The van der Waals surface area contributed by atoms with E-state index in [0.29, 0.717) is 12.5 Å².